The van der Waals surface area contributed by atoms with Crippen LogP contribution in [0.2, 0.25) is 0 Å². The number of amides is 1. The Labute approximate surface area is 183 Å². The zero-order valence-corrected chi connectivity index (χ0v) is 17.8. The first-order valence-electron chi connectivity index (χ1n) is 9.65. The number of nitrogens with one attached hydrogen (secondary N) is 1. The number of nitro groups is 1. The molecule has 1 N–H and O–H groups in total. The fraction of sp³-hybridized carbons (Fsp3) is 0.130. The maximum Gasteiger partial charge on any atom is 0.312 e. The minimum Gasteiger partial charge on any atom is -0.321 e. The summed E-state index contributed by atoms with van der Waals surface area (Å²) in [5, 5.41) is 20.2. The summed E-state index contributed by atoms with van der Waals surface area (Å²) in [7, 11) is 0. The summed E-state index contributed by atoms with van der Waals surface area (Å²) in [6.07, 6.45) is 0. The van der Waals surface area contributed by atoms with E-state index in [2.05, 4.69) is 10.4 Å². The number of thiophene rings is 1. The number of rotatable bonds is 6. The third kappa shape index (κ3) is 4.39. The molecule has 0 aliphatic rings. The van der Waals surface area contributed by atoms with Crippen molar-refractivity contribution < 1.29 is 9.72 Å². The molecule has 156 valence electrons. The maximum atomic E-state index is 12.6. The zero-order valence-electron chi connectivity index (χ0n) is 17.0. The quantitative estimate of drug-likeness (QED) is 0.325. The van der Waals surface area contributed by atoms with Crippen molar-refractivity contribution in [3.8, 4) is 11.1 Å². The Morgan fingerprint density at radius 3 is 2.42 bits per heavy atom. The molecule has 0 saturated heterocycles. The van der Waals surface area contributed by atoms with E-state index in [1.165, 1.54) is 11.3 Å². The first-order chi connectivity index (χ1) is 14.9. The highest BCUT2D eigenvalue weighted by atomic mass is 32.1. The molecule has 0 fully saturated rings. The van der Waals surface area contributed by atoms with Crippen LogP contribution in [-0.4, -0.2) is 20.6 Å². The number of aryl methyl sites for hydroxylation is 1. The largest absolute Gasteiger partial charge is 0.321 e. The van der Waals surface area contributed by atoms with Gasteiger partial charge in [0.05, 0.1) is 16.3 Å². The Morgan fingerprint density at radius 2 is 1.77 bits per heavy atom. The van der Waals surface area contributed by atoms with Crippen molar-refractivity contribution in [1.82, 2.24) is 9.78 Å². The minimum absolute atomic E-state index is 0.0344. The molecule has 4 rings (SSSR count). The van der Waals surface area contributed by atoms with Gasteiger partial charge in [-0.15, -0.1) is 11.3 Å². The van der Waals surface area contributed by atoms with Crippen molar-refractivity contribution in [1.29, 1.82) is 0 Å². The highest BCUT2D eigenvalue weighted by molar-refractivity contribution is 7.12. The van der Waals surface area contributed by atoms with Crippen LogP contribution in [0.4, 0.5) is 11.4 Å². The molecule has 0 bridgehead atoms. The smallest absolute Gasteiger partial charge is 0.312 e. The van der Waals surface area contributed by atoms with E-state index in [9.17, 15) is 14.9 Å². The summed E-state index contributed by atoms with van der Waals surface area (Å²) >= 11 is 1.33. The Hall–Kier alpha value is -3.78. The molecule has 0 saturated carbocycles. The van der Waals surface area contributed by atoms with Gasteiger partial charge < -0.3 is 5.32 Å². The van der Waals surface area contributed by atoms with Crippen molar-refractivity contribution in [3.05, 3.63) is 98.0 Å². The lowest BCUT2D eigenvalue weighted by Crippen LogP contribution is -2.10. The van der Waals surface area contributed by atoms with Crippen LogP contribution in [0.1, 0.15) is 26.6 Å². The molecule has 0 unspecified atom stereocenters. The molecular weight excluding hydrogens is 412 g/mol. The molecular formula is C23H20N4O3S. The number of carbonyl (C=O) groups is 1. The second-order valence-electron chi connectivity index (χ2n) is 7.15. The van der Waals surface area contributed by atoms with Crippen molar-refractivity contribution >= 4 is 28.6 Å². The molecule has 31 heavy (non-hydrogen) atoms. The molecule has 0 aliphatic heterocycles. The highest BCUT2D eigenvalue weighted by Crippen LogP contribution is 2.25. The molecule has 2 heterocycles. The molecule has 4 aromatic rings. The summed E-state index contributed by atoms with van der Waals surface area (Å²) in [6.45, 7) is 3.67. The number of carbonyl (C=O) groups excluding carboxylic acids is 1. The lowest BCUT2D eigenvalue weighted by atomic mass is 10.1. The minimum atomic E-state index is -0.413. The van der Waals surface area contributed by atoms with Crippen LogP contribution < -0.4 is 5.32 Å². The molecule has 1 amide bonds. The van der Waals surface area contributed by atoms with Crippen LogP contribution >= 0.6 is 11.3 Å². The highest BCUT2D eigenvalue weighted by Gasteiger charge is 2.22. The molecule has 8 heteroatoms. The first-order valence-corrected chi connectivity index (χ1v) is 10.5. The summed E-state index contributed by atoms with van der Waals surface area (Å²) in [5.74, 6) is -0.192. The first kappa shape index (κ1) is 20.5. The van der Waals surface area contributed by atoms with Gasteiger partial charge in [0.25, 0.3) is 5.91 Å². The van der Waals surface area contributed by atoms with Gasteiger partial charge in [-0.05, 0) is 54.1 Å². The predicted octanol–water partition coefficient (Wildman–Crippen LogP) is 5.44. The Bertz CT molecular complexity index is 1240. The number of hydrogen-bond acceptors (Lipinski definition) is 5. The monoisotopic (exact) mass is 432 g/mol. The topological polar surface area (TPSA) is 90.1 Å². The Balaban J connectivity index is 1.44. The number of anilines is 1. The van der Waals surface area contributed by atoms with E-state index < -0.39 is 4.92 Å². The van der Waals surface area contributed by atoms with Gasteiger partial charge in [-0.3, -0.25) is 19.6 Å². The predicted molar refractivity (Wildman–Crippen MR) is 122 cm³/mol. The van der Waals surface area contributed by atoms with Crippen molar-refractivity contribution in [2.24, 2.45) is 0 Å². The maximum absolute atomic E-state index is 12.6. The van der Waals surface area contributed by atoms with Gasteiger partial charge in [-0.1, -0.05) is 42.5 Å². The van der Waals surface area contributed by atoms with Gasteiger partial charge in [0, 0.05) is 5.69 Å². The normalized spacial score (nSPS) is 10.8. The third-order valence-corrected chi connectivity index (χ3v) is 5.96. The lowest BCUT2D eigenvalue weighted by Gasteiger charge is -2.06. The van der Waals surface area contributed by atoms with Crippen molar-refractivity contribution in [2.45, 2.75) is 20.4 Å². The van der Waals surface area contributed by atoms with E-state index in [1.54, 1.807) is 24.6 Å². The fourth-order valence-electron chi connectivity index (χ4n) is 3.43. The van der Waals surface area contributed by atoms with Crippen LogP contribution in [-0.2, 0) is 6.54 Å². The van der Waals surface area contributed by atoms with Crippen molar-refractivity contribution in [2.75, 3.05) is 5.32 Å². The number of nitrogens with zero attached hydrogens (tertiary/aromatic N) is 3. The molecule has 0 atom stereocenters. The third-order valence-electron chi connectivity index (χ3n) is 4.99. The summed E-state index contributed by atoms with van der Waals surface area (Å²) in [6, 6.07) is 19.5. The Morgan fingerprint density at radius 1 is 1.10 bits per heavy atom. The molecule has 0 radical (unpaired) electrons. The summed E-state index contributed by atoms with van der Waals surface area (Å²) in [4.78, 5) is 24.0. The van der Waals surface area contributed by atoms with Crippen LogP contribution in [0.15, 0.2) is 66.0 Å². The van der Waals surface area contributed by atoms with Gasteiger partial charge >= 0.3 is 5.69 Å². The second kappa shape index (κ2) is 8.53. The summed E-state index contributed by atoms with van der Waals surface area (Å²) < 4.78 is 1.60. The van der Waals surface area contributed by atoms with Gasteiger partial charge in [-0.2, -0.15) is 5.10 Å². The average molecular weight is 433 g/mol. The number of hydrogen-bond donors (Lipinski definition) is 1. The number of benzene rings is 2. The Kier molecular flexibility index (Phi) is 5.64. The zero-order chi connectivity index (χ0) is 22.0. The van der Waals surface area contributed by atoms with E-state index in [0.717, 1.165) is 16.7 Å². The molecule has 2 aromatic carbocycles. The van der Waals surface area contributed by atoms with E-state index >= 15 is 0 Å². The van der Waals surface area contributed by atoms with Crippen LogP contribution in [0.3, 0.4) is 0 Å². The lowest BCUT2D eigenvalue weighted by molar-refractivity contribution is -0.386. The SMILES string of the molecule is Cc1nn(Cc2csc(C(=O)Nc3ccc(-c4ccccc4)cc3)c2)c(C)c1[N+](=O)[O-]. The molecule has 2 aromatic heterocycles. The second-order valence-corrected chi connectivity index (χ2v) is 8.06. The van der Waals surface area contributed by atoms with Gasteiger partial charge in [0.1, 0.15) is 11.4 Å². The van der Waals surface area contributed by atoms with Crippen LogP contribution in [0, 0.1) is 24.0 Å². The molecule has 0 aliphatic carbocycles. The van der Waals surface area contributed by atoms with Gasteiger partial charge in [0.15, 0.2) is 0 Å². The van der Waals surface area contributed by atoms with E-state index in [4.69, 9.17) is 0 Å². The van der Waals surface area contributed by atoms with Crippen LogP contribution in [0.5, 0.6) is 0 Å². The standard InChI is InChI=1S/C23H20N4O3S/c1-15-22(27(29)30)16(2)26(25-15)13-17-12-21(31-14-17)23(28)24-20-10-8-19(9-11-20)18-6-4-3-5-7-18/h3-12,14H,13H2,1-2H3,(H,24,28). The van der Waals surface area contributed by atoms with E-state index in [-0.39, 0.29) is 11.6 Å². The van der Waals surface area contributed by atoms with Gasteiger partial charge in [-0.25, -0.2) is 0 Å². The van der Waals surface area contributed by atoms with E-state index in [0.29, 0.717) is 28.5 Å². The van der Waals surface area contributed by atoms with Crippen molar-refractivity contribution in [3.63, 3.8) is 0 Å². The summed E-state index contributed by atoms with van der Waals surface area (Å²) in [5.41, 5.74) is 4.70. The average Bonchev–Trinajstić information content (AvgIpc) is 3.33. The molecule has 0 spiro atoms. The van der Waals surface area contributed by atoms with Gasteiger partial charge in [0.2, 0.25) is 0 Å². The fourth-order valence-corrected chi connectivity index (χ4v) is 4.22. The molecule has 7 nitrogen and oxygen atoms in total. The van der Waals surface area contributed by atoms with E-state index in [1.807, 2.05) is 60.0 Å². The number of aromatic nitrogens is 2. The van der Waals surface area contributed by atoms with Crippen LogP contribution in [0.25, 0.3) is 11.1 Å².